The van der Waals surface area contributed by atoms with E-state index < -0.39 is 9.84 Å². The van der Waals surface area contributed by atoms with Gasteiger partial charge in [0.2, 0.25) is 0 Å². The Kier molecular flexibility index (Phi) is 4.77. The quantitative estimate of drug-likeness (QED) is 0.861. The van der Waals surface area contributed by atoms with Crippen LogP contribution in [0, 0.1) is 18.8 Å². The molecule has 0 aromatic heterocycles. The van der Waals surface area contributed by atoms with Crippen molar-refractivity contribution < 1.29 is 8.42 Å². The van der Waals surface area contributed by atoms with Gasteiger partial charge in [0.25, 0.3) is 0 Å². The SMILES string of the molecule is CC1=CC(C)CC(CNc2cc(S(C)(=O)=O)ccc2C)C1. The molecule has 21 heavy (non-hydrogen) atoms. The van der Waals surface area contributed by atoms with Crippen molar-refractivity contribution in [2.45, 2.75) is 38.5 Å². The number of benzene rings is 1. The van der Waals surface area contributed by atoms with E-state index in [1.54, 1.807) is 12.1 Å². The first kappa shape index (κ1) is 16.1. The summed E-state index contributed by atoms with van der Waals surface area (Å²) in [4.78, 5) is 0.378. The summed E-state index contributed by atoms with van der Waals surface area (Å²) in [5, 5.41) is 3.44. The third kappa shape index (κ3) is 4.34. The summed E-state index contributed by atoms with van der Waals surface area (Å²) in [5.74, 6) is 1.25. The van der Waals surface area contributed by atoms with Crippen LogP contribution in [0.5, 0.6) is 0 Å². The highest BCUT2D eigenvalue weighted by Gasteiger charge is 2.18. The highest BCUT2D eigenvalue weighted by molar-refractivity contribution is 7.90. The Hall–Kier alpha value is -1.29. The Bertz CT molecular complexity index is 647. The van der Waals surface area contributed by atoms with Gasteiger partial charge in [0, 0.05) is 18.5 Å². The van der Waals surface area contributed by atoms with Gasteiger partial charge in [-0.15, -0.1) is 0 Å². The second-order valence-corrected chi connectivity index (χ2v) is 8.44. The average molecular weight is 307 g/mol. The molecule has 0 saturated carbocycles. The summed E-state index contributed by atoms with van der Waals surface area (Å²) in [6.07, 6.45) is 5.92. The molecule has 0 radical (unpaired) electrons. The molecule has 1 aromatic rings. The van der Waals surface area contributed by atoms with E-state index >= 15 is 0 Å². The third-order valence-electron chi connectivity index (χ3n) is 4.10. The minimum absolute atomic E-state index is 0.378. The van der Waals surface area contributed by atoms with Crippen molar-refractivity contribution in [2.75, 3.05) is 18.1 Å². The normalized spacial score (nSPS) is 22.8. The first-order valence-corrected chi connectivity index (χ1v) is 9.36. The molecule has 1 N–H and O–H groups in total. The van der Waals surface area contributed by atoms with Crippen molar-refractivity contribution in [3.05, 3.63) is 35.4 Å². The monoisotopic (exact) mass is 307 g/mol. The van der Waals surface area contributed by atoms with Crippen LogP contribution in [0.3, 0.4) is 0 Å². The van der Waals surface area contributed by atoms with Gasteiger partial charge in [-0.25, -0.2) is 8.42 Å². The van der Waals surface area contributed by atoms with Crippen LogP contribution in [-0.2, 0) is 9.84 Å². The van der Waals surface area contributed by atoms with Gasteiger partial charge in [-0.2, -0.15) is 0 Å². The van der Waals surface area contributed by atoms with Gasteiger partial charge >= 0.3 is 0 Å². The Morgan fingerprint density at radius 1 is 1.29 bits per heavy atom. The molecule has 0 spiro atoms. The molecule has 4 heteroatoms. The van der Waals surface area contributed by atoms with E-state index in [0.717, 1.165) is 24.2 Å². The van der Waals surface area contributed by atoms with E-state index in [1.165, 1.54) is 18.2 Å². The molecule has 2 rings (SSSR count). The first-order chi connectivity index (χ1) is 9.75. The smallest absolute Gasteiger partial charge is 0.175 e. The molecular formula is C17H25NO2S. The predicted octanol–water partition coefficient (Wildman–Crippen LogP) is 3.80. The fourth-order valence-corrected chi connectivity index (χ4v) is 3.77. The highest BCUT2D eigenvalue weighted by Crippen LogP contribution is 2.28. The van der Waals surface area contributed by atoms with Crippen molar-refractivity contribution in [1.82, 2.24) is 0 Å². The van der Waals surface area contributed by atoms with Crippen LogP contribution in [0.2, 0.25) is 0 Å². The lowest BCUT2D eigenvalue weighted by molar-refractivity contribution is 0.421. The average Bonchev–Trinajstić information content (AvgIpc) is 2.35. The van der Waals surface area contributed by atoms with Crippen molar-refractivity contribution in [1.29, 1.82) is 0 Å². The number of sulfone groups is 1. The number of allylic oxidation sites excluding steroid dienone is 2. The van der Waals surface area contributed by atoms with E-state index in [9.17, 15) is 8.42 Å². The number of nitrogens with one attached hydrogen (secondary N) is 1. The van der Waals surface area contributed by atoms with E-state index in [-0.39, 0.29) is 0 Å². The van der Waals surface area contributed by atoms with E-state index in [2.05, 4.69) is 25.2 Å². The van der Waals surface area contributed by atoms with Gasteiger partial charge in [0.05, 0.1) is 4.90 Å². The molecule has 1 aromatic carbocycles. The molecule has 0 bridgehead atoms. The second-order valence-electron chi connectivity index (χ2n) is 6.43. The number of rotatable bonds is 4. The standard InChI is InChI=1S/C17H25NO2S/c1-12-7-13(2)9-15(8-12)11-18-17-10-16(21(4,19)20)6-5-14(17)3/h5-7,10,12,15,18H,8-9,11H2,1-4H3. The number of aryl methyl sites for hydroxylation is 1. The van der Waals surface area contributed by atoms with Crippen molar-refractivity contribution in [2.24, 2.45) is 11.8 Å². The summed E-state index contributed by atoms with van der Waals surface area (Å²) in [7, 11) is -3.15. The zero-order valence-electron chi connectivity index (χ0n) is 13.3. The van der Waals surface area contributed by atoms with Crippen molar-refractivity contribution in [3.8, 4) is 0 Å². The Morgan fingerprint density at radius 2 is 2.00 bits per heavy atom. The molecule has 0 aliphatic heterocycles. The zero-order valence-corrected chi connectivity index (χ0v) is 14.1. The van der Waals surface area contributed by atoms with Crippen molar-refractivity contribution >= 4 is 15.5 Å². The fourth-order valence-electron chi connectivity index (χ4n) is 3.12. The first-order valence-electron chi connectivity index (χ1n) is 7.47. The molecule has 2 atom stereocenters. The largest absolute Gasteiger partial charge is 0.385 e. The molecule has 0 amide bonds. The number of hydrogen-bond acceptors (Lipinski definition) is 3. The van der Waals surface area contributed by atoms with E-state index in [1.807, 2.05) is 13.0 Å². The summed E-state index contributed by atoms with van der Waals surface area (Å²) in [5.41, 5.74) is 3.47. The lowest BCUT2D eigenvalue weighted by atomic mass is 9.83. The summed E-state index contributed by atoms with van der Waals surface area (Å²) in [6.45, 7) is 7.34. The molecule has 0 fully saturated rings. The van der Waals surface area contributed by atoms with Gasteiger partial charge in [0.1, 0.15) is 0 Å². The van der Waals surface area contributed by atoms with Crippen LogP contribution in [-0.4, -0.2) is 21.2 Å². The lowest BCUT2D eigenvalue weighted by Gasteiger charge is -2.26. The number of anilines is 1. The maximum Gasteiger partial charge on any atom is 0.175 e. The molecular weight excluding hydrogens is 282 g/mol. The molecule has 1 aliphatic carbocycles. The molecule has 1 aliphatic rings. The maximum atomic E-state index is 11.7. The predicted molar refractivity (Wildman–Crippen MR) is 88.4 cm³/mol. The van der Waals surface area contributed by atoms with Gasteiger partial charge in [0.15, 0.2) is 9.84 Å². The minimum Gasteiger partial charge on any atom is -0.385 e. The van der Waals surface area contributed by atoms with E-state index in [4.69, 9.17) is 0 Å². The Morgan fingerprint density at radius 3 is 2.62 bits per heavy atom. The van der Waals surface area contributed by atoms with E-state index in [0.29, 0.717) is 16.7 Å². The van der Waals surface area contributed by atoms with Crippen molar-refractivity contribution in [3.63, 3.8) is 0 Å². The Labute approximate surface area is 128 Å². The topological polar surface area (TPSA) is 46.2 Å². The van der Waals surface area contributed by atoms with Crippen LogP contribution in [0.1, 0.15) is 32.3 Å². The molecule has 116 valence electrons. The van der Waals surface area contributed by atoms with Crippen LogP contribution < -0.4 is 5.32 Å². The van der Waals surface area contributed by atoms with Crippen LogP contribution in [0.4, 0.5) is 5.69 Å². The fraction of sp³-hybridized carbons (Fsp3) is 0.529. The third-order valence-corrected chi connectivity index (χ3v) is 5.21. The van der Waals surface area contributed by atoms with Crippen LogP contribution in [0.15, 0.2) is 34.7 Å². The minimum atomic E-state index is -3.15. The molecule has 0 heterocycles. The number of hydrogen-bond donors (Lipinski definition) is 1. The lowest BCUT2D eigenvalue weighted by Crippen LogP contribution is -2.20. The highest BCUT2D eigenvalue weighted by atomic mass is 32.2. The summed E-state index contributed by atoms with van der Waals surface area (Å²) in [6, 6.07) is 5.29. The second kappa shape index (κ2) is 6.22. The van der Waals surface area contributed by atoms with Gasteiger partial charge < -0.3 is 5.32 Å². The zero-order chi connectivity index (χ0) is 15.6. The summed E-state index contributed by atoms with van der Waals surface area (Å²) >= 11 is 0. The Balaban J connectivity index is 2.08. The van der Waals surface area contributed by atoms with Gasteiger partial charge in [-0.3, -0.25) is 0 Å². The molecule has 0 saturated heterocycles. The summed E-state index contributed by atoms with van der Waals surface area (Å²) < 4.78 is 23.3. The van der Waals surface area contributed by atoms with Gasteiger partial charge in [-0.1, -0.05) is 24.6 Å². The molecule has 3 nitrogen and oxygen atoms in total. The maximum absolute atomic E-state index is 11.7. The van der Waals surface area contributed by atoms with Gasteiger partial charge in [-0.05, 0) is 56.2 Å². The molecule has 2 unspecified atom stereocenters. The van der Waals surface area contributed by atoms with Crippen LogP contribution in [0.25, 0.3) is 0 Å². The van der Waals surface area contributed by atoms with Crippen LogP contribution >= 0.6 is 0 Å².